The summed E-state index contributed by atoms with van der Waals surface area (Å²) in [7, 11) is 0. The predicted molar refractivity (Wildman–Crippen MR) is 87.0 cm³/mol. The Hall–Kier alpha value is -2.29. The van der Waals surface area contributed by atoms with Crippen LogP contribution in [0.2, 0.25) is 0 Å². The number of aryl methyl sites for hydroxylation is 2. The smallest absolute Gasteiger partial charge is 0.307 e. The van der Waals surface area contributed by atoms with Crippen molar-refractivity contribution < 1.29 is 4.79 Å². The van der Waals surface area contributed by atoms with E-state index in [1.54, 1.807) is 0 Å². The molecule has 1 aliphatic heterocycles. The molecule has 3 heteroatoms. The summed E-state index contributed by atoms with van der Waals surface area (Å²) in [5, 5.41) is 3.05. The van der Waals surface area contributed by atoms with Crippen LogP contribution < -0.4 is 10.2 Å². The fraction of sp³-hybridized carbons (Fsp3) is 0.278. The highest BCUT2D eigenvalue weighted by Crippen LogP contribution is 2.32. The normalized spacial score (nSPS) is 16.7. The molecule has 0 saturated carbocycles. The van der Waals surface area contributed by atoms with Crippen LogP contribution in [-0.4, -0.2) is 12.1 Å². The summed E-state index contributed by atoms with van der Waals surface area (Å²) < 4.78 is 0. The molecular formula is C18H20N2O. The first kappa shape index (κ1) is 13.7. The topological polar surface area (TPSA) is 32.3 Å². The highest BCUT2D eigenvalue weighted by Gasteiger charge is 2.30. The van der Waals surface area contributed by atoms with E-state index in [0.29, 0.717) is 0 Å². The van der Waals surface area contributed by atoms with Gasteiger partial charge in [-0.15, -0.1) is 0 Å². The lowest BCUT2D eigenvalue weighted by atomic mass is 10.1. The van der Waals surface area contributed by atoms with Gasteiger partial charge in [0.2, 0.25) is 0 Å². The summed E-state index contributed by atoms with van der Waals surface area (Å²) in [6.07, 6.45) is 0.913. The van der Waals surface area contributed by atoms with E-state index in [4.69, 9.17) is 0 Å². The molecule has 0 aliphatic carbocycles. The lowest BCUT2D eigenvalue weighted by Crippen LogP contribution is -2.39. The largest absolute Gasteiger partial charge is 0.326 e. The molecule has 0 radical (unpaired) electrons. The number of nitrogens with one attached hydrogen (secondary N) is 1. The van der Waals surface area contributed by atoms with Gasteiger partial charge in [-0.3, -0.25) is 4.90 Å². The van der Waals surface area contributed by atoms with Crippen molar-refractivity contribution in [2.75, 3.05) is 10.2 Å². The number of hydrogen-bond acceptors (Lipinski definition) is 1. The fourth-order valence-electron chi connectivity index (χ4n) is 2.92. The van der Waals surface area contributed by atoms with Crippen LogP contribution in [0.5, 0.6) is 0 Å². The standard InChI is InChI=1S/C18H20N2O/c1-12-8-9-13(2)16(10-12)19-18(21)20-14(3)11-15-6-4-5-7-17(15)20/h4-10,14H,11H2,1-3H3,(H,19,21). The second-order valence-electron chi connectivity index (χ2n) is 5.80. The van der Waals surface area contributed by atoms with Gasteiger partial charge in [-0.1, -0.05) is 30.3 Å². The maximum Gasteiger partial charge on any atom is 0.326 e. The summed E-state index contributed by atoms with van der Waals surface area (Å²) in [5.74, 6) is 0. The van der Waals surface area contributed by atoms with Crippen molar-refractivity contribution in [1.82, 2.24) is 0 Å². The van der Waals surface area contributed by atoms with E-state index in [0.717, 1.165) is 28.9 Å². The van der Waals surface area contributed by atoms with E-state index in [2.05, 4.69) is 24.4 Å². The zero-order chi connectivity index (χ0) is 15.0. The second-order valence-corrected chi connectivity index (χ2v) is 5.80. The molecule has 108 valence electrons. The number of anilines is 2. The van der Waals surface area contributed by atoms with Crippen LogP contribution >= 0.6 is 0 Å². The van der Waals surface area contributed by atoms with Crippen molar-refractivity contribution in [2.45, 2.75) is 33.2 Å². The molecule has 1 atom stereocenters. The van der Waals surface area contributed by atoms with Crippen LogP contribution in [0.1, 0.15) is 23.6 Å². The van der Waals surface area contributed by atoms with Crippen molar-refractivity contribution >= 4 is 17.4 Å². The lowest BCUT2D eigenvalue weighted by Gasteiger charge is -2.23. The van der Waals surface area contributed by atoms with E-state index in [1.807, 2.05) is 49.1 Å². The van der Waals surface area contributed by atoms with E-state index in [-0.39, 0.29) is 12.1 Å². The summed E-state index contributed by atoms with van der Waals surface area (Å²) in [4.78, 5) is 14.5. The first-order valence-electron chi connectivity index (χ1n) is 7.31. The number of nitrogens with zero attached hydrogens (tertiary/aromatic N) is 1. The van der Waals surface area contributed by atoms with Crippen molar-refractivity contribution in [3.8, 4) is 0 Å². The van der Waals surface area contributed by atoms with E-state index in [1.165, 1.54) is 5.56 Å². The van der Waals surface area contributed by atoms with Gasteiger partial charge in [0.1, 0.15) is 0 Å². The van der Waals surface area contributed by atoms with Crippen LogP contribution in [-0.2, 0) is 6.42 Å². The third-order valence-electron chi connectivity index (χ3n) is 4.06. The Balaban J connectivity index is 1.87. The molecule has 21 heavy (non-hydrogen) atoms. The number of hydrogen-bond donors (Lipinski definition) is 1. The van der Waals surface area contributed by atoms with Gasteiger partial charge >= 0.3 is 6.03 Å². The van der Waals surface area contributed by atoms with Crippen LogP contribution in [0.15, 0.2) is 42.5 Å². The minimum absolute atomic E-state index is 0.0545. The molecule has 2 aromatic rings. The van der Waals surface area contributed by atoms with Crippen molar-refractivity contribution in [1.29, 1.82) is 0 Å². The van der Waals surface area contributed by atoms with Crippen molar-refractivity contribution in [2.24, 2.45) is 0 Å². The van der Waals surface area contributed by atoms with Gasteiger partial charge in [0.05, 0.1) is 0 Å². The SMILES string of the molecule is Cc1ccc(C)c(NC(=O)N2c3ccccc3CC2C)c1. The summed E-state index contributed by atoms with van der Waals surface area (Å²) >= 11 is 0. The maximum atomic E-state index is 12.7. The first-order chi connectivity index (χ1) is 10.1. The molecule has 1 unspecified atom stereocenters. The molecule has 1 N–H and O–H groups in total. The maximum absolute atomic E-state index is 12.7. The monoisotopic (exact) mass is 280 g/mol. The van der Waals surface area contributed by atoms with Crippen LogP contribution in [0.25, 0.3) is 0 Å². The minimum atomic E-state index is -0.0545. The number of benzene rings is 2. The Bertz CT molecular complexity index is 693. The average Bonchev–Trinajstić information content (AvgIpc) is 2.78. The van der Waals surface area contributed by atoms with Crippen LogP contribution in [0.4, 0.5) is 16.2 Å². The van der Waals surface area contributed by atoms with Gasteiger partial charge in [0, 0.05) is 17.4 Å². The zero-order valence-corrected chi connectivity index (χ0v) is 12.7. The van der Waals surface area contributed by atoms with Gasteiger partial charge < -0.3 is 5.32 Å². The highest BCUT2D eigenvalue weighted by atomic mass is 16.2. The number of urea groups is 1. The van der Waals surface area contributed by atoms with E-state index in [9.17, 15) is 4.79 Å². The predicted octanol–water partition coefficient (Wildman–Crippen LogP) is 4.29. The molecule has 3 nitrogen and oxygen atoms in total. The molecule has 3 rings (SSSR count). The molecular weight excluding hydrogens is 260 g/mol. The summed E-state index contributed by atoms with van der Waals surface area (Å²) in [5.41, 5.74) is 5.37. The number of carbonyl (C=O) groups excluding carboxylic acids is 1. The molecule has 2 amide bonds. The lowest BCUT2D eigenvalue weighted by molar-refractivity contribution is 0.256. The molecule has 0 saturated heterocycles. The number of amides is 2. The Morgan fingerprint density at radius 3 is 2.76 bits per heavy atom. The molecule has 2 aromatic carbocycles. The molecule has 0 aromatic heterocycles. The van der Waals surface area contributed by atoms with Gasteiger partial charge in [0.25, 0.3) is 0 Å². The first-order valence-corrected chi connectivity index (χ1v) is 7.31. The molecule has 1 heterocycles. The van der Waals surface area contributed by atoms with E-state index < -0.39 is 0 Å². The van der Waals surface area contributed by atoms with Crippen molar-refractivity contribution in [3.05, 3.63) is 59.2 Å². The number of rotatable bonds is 1. The van der Waals surface area contributed by atoms with Gasteiger partial charge in [-0.2, -0.15) is 0 Å². The minimum Gasteiger partial charge on any atom is -0.307 e. The van der Waals surface area contributed by atoms with Crippen LogP contribution in [0.3, 0.4) is 0 Å². The molecule has 0 fully saturated rings. The Labute approximate surface area is 125 Å². The third-order valence-corrected chi connectivity index (χ3v) is 4.06. The van der Waals surface area contributed by atoms with Gasteiger partial charge in [-0.05, 0) is 56.0 Å². The van der Waals surface area contributed by atoms with Crippen LogP contribution in [0, 0.1) is 13.8 Å². The summed E-state index contributed by atoms with van der Waals surface area (Å²) in [6, 6.07) is 14.4. The molecule has 0 spiro atoms. The second kappa shape index (κ2) is 5.24. The van der Waals surface area contributed by atoms with Crippen molar-refractivity contribution in [3.63, 3.8) is 0 Å². The number of carbonyl (C=O) groups is 1. The highest BCUT2D eigenvalue weighted by molar-refractivity contribution is 6.04. The Morgan fingerprint density at radius 1 is 1.19 bits per heavy atom. The third kappa shape index (κ3) is 2.51. The number of para-hydroxylation sites is 1. The quantitative estimate of drug-likeness (QED) is 0.830. The number of fused-ring (bicyclic) bond motifs is 1. The van der Waals surface area contributed by atoms with Gasteiger partial charge in [0.15, 0.2) is 0 Å². The zero-order valence-electron chi connectivity index (χ0n) is 12.7. The van der Waals surface area contributed by atoms with Gasteiger partial charge in [-0.25, -0.2) is 4.79 Å². The van der Waals surface area contributed by atoms with E-state index >= 15 is 0 Å². The molecule has 0 bridgehead atoms. The Morgan fingerprint density at radius 2 is 1.95 bits per heavy atom. The molecule has 1 aliphatic rings. The summed E-state index contributed by atoms with van der Waals surface area (Å²) in [6.45, 7) is 6.13. The fourth-order valence-corrected chi connectivity index (χ4v) is 2.92. The Kier molecular flexibility index (Phi) is 3.42. The average molecular weight is 280 g/mol.